The molecule has 2 aromatic heterocycles. The molecule has 3 rings (SSSR count). The number of nitrogens with one attached hydrogen (secondary N) is 1. The van der Waals surface area contributed by atoms with E-state index in [9.17, 15) is 13.6 Å². The number of nitrogen functional groups attached to an aromatic ring is 1. The van der Waals surface area contributed by atoms with Gasteiger partial charge in [0, 0.05) is 11.9 Å². The number of nitrogens with zero attached hydrogens (tertiary/aromatic N) is 4. The van der Waals surface area contributed by atoms with Gasteiger partial charge in [0.1, 0.15) is 5.03 Å². The van der Waals surface area contributed by atoms with Gasteiger partial charge in [-0.1, -0.05) is 17.7 Å². The Bertz CT molecular complexity index is 1000. The smallest absolute Gasteiger partial charge is 0.341 e. The molecule has 0 aliphatic carbocycles. The van der Waals surface area contributed by atoms with Gasteiger partial charge >= 0.3 is 5.97 Å². The first-order valence-corrected chi connectivity index (χ1v) is 9.20. The maximum Gasteiger partial charge on any atom is 0.341 e. The number of halogens is 2. The molecule has 11 heteroatoms. The van der Waals surface area contributed by atoms with E-state index in [2.05, 4.69) is 25.3 Å². The summed E-state index contributed by atoms with van der Waals surface area (Å²) in [5.41, 5.74) is 7.46. The summed E-state index contributed by atoms with van der Waals surface area (Å²) in [6.45, 7) is 1.65. The summed E-state index contributed by atoms with van der Waals surface area (Å²) in [6.07, 6.45) is 1.32. The molecule has 0 saturated heterocycles. The summed E-state index contributed by atoms with van der Waals surface area (Å²) in [6, 6.07) is 10.3. The van der Waals surface area contributed by atoms with Crippen LogP contribution in [0.5, 0.6) is 0 Å². The molecule has 2 heterocycles. The highest BCUT2D eigenvalue weighted by molar-refractivity contribution is 7.99. The van der Waals surface area contributed by atoms with Crippen LogP contribution in [-0.4, -0.2) is 31.7 Å². The van der Waals surface area contributed by atoms with Crippen LogP contribution in [0.1, 0.15) is 21.7 Å². The highest BCUT2D eigenvalue weighted by Gasteiger charge is 2.18. The van der Waals surface area contributed by atoms with Crippen molar-refractivity contribution >= 4 is 35.3 Å². The van der Waals surface area contributed by atoms with Crippen LogP contribution in [0.25, 0.3) is 0 Å². The number of aromatic nitrogens is 4. The van der Waals surface area contributed by atoms with Gasteiger partial charge in [0.2, 0.25) is 11.9 Å². The van der Waals surface area contributed by atoms with Crippen molar-refractivity contribution < 1.29 is 18.3 Å². The van der Waals surface area contributed by atoms with Crippen molar-refractivity contribution in [2.24, 2.45) is 0 Å². The van der Waals surface area contributed by atoms with Crippen LogP contribution >= 0.6 is 11.8 Å². The Hall–Kier alpha value is -3.34. The number of carbonyl (C=O) groups is 1. The predicted molar refractivity (Wildman–Crippen MR) is 104 cm³/mol. The number of nitrogens with two attached hydrogens (primary N) is 1. The lowest BCUT2D eigenvalue weighted by Crippen LogP contribution is -2.12. The number of rotatable bonds is 7. The molecule has 0 unspecified atom stereocenters. The van der Waals surface area contributed by atoms with Crippen LogP contribution in [0.4, 0.5) is 26.4 Å². The molecule has 0 bridgehead atoms. The normalized spacial score (nSPS) is 10.8. The third-order valence-electron chi connectivity index (χ3n) is 3.53. The monoisotopic (exact) mass is 418 g/mol. The van der Waals surface area contributed by atoms with Gasteiger partial charge in [0.05, 0.1) is 5.56 Å². The number of benzene rings is 1. The van der Waals surface area contributed by atoms with Gasteiger partial charge in [0.25, 0.3) is 5.76 Å². The lowest BCUT2D eigenvalue weighted by Gasteiger charge is -2.09. The molecule has 0 fully saturated rings. The number of hydrogen-bond acceptors (Lipinski definition) is 9. The predicted octanol–water partition coefficient (Wildman–Crippen LogP) is 3.57. The summed E-state index contributed by atoms with van der Waals surface area (Å²) >= 11 is 0.166. The van der Waals surface area contributed by atoms with Crippen molar-refractivity contribution in [2.75, 3.05) is 11.1 Å². The summed E-state index contributed by atoms with van der Waals surface area (Å²) in [7, 11) is 0. The first kappa shape index (κ1) is 20.4. The Kier molecular flexibility index (Phi) is 6.50. The minimum absolute atomic E-state index is 0.0593. The van der Waals surface area contributed by atoms with E-state index in [1.54, 1.807) is 0 Å². The van der Waals surface area contributed by atoms with E-state index < -0.39 is 11.7 Å². The average molecular weight is 418 g/mol. The molecular weight excluding hydrogens is 402 g/mol. The molecule has 150 valence electrons. The molecular formula is C18H16F2N6O2S. The summed E-state index contributed by atoms with van der Waals surface area (Å²) in [5, 5.41) is 2.86. The number of pyridine rings is 1. The van der Waals surface area contributed by atoms with E-state index >= 15 is 0 Å². The summed E-state index contributed by atoms with van der Waals surface area (Å²) in [5.74, 6) is -3.31. The molecule has 0 aliphatic rings. The van der Waals surface area contributed by atoms with Gasteiger partial charge in [-0.05, 0) is 43.0 Å². The molecule has 0 spiro atoms. The number of alkyl halides is 2. The zero-order chi connectivity index (χ0) is 20.8. The fraction of sp³-hybridized carbons (Fsp3) is 0.167. The second-order valence-corrected chi connectivity index (χ2v) is 6.71. The Morgan fingerprint density at radius 2 is 1.97 bits per heavy atom. The lowest BCUT2D eigenvalue weighted by molar-refractivity contribution is 0.0457. The van der Waals surface area contributed by atoms with Crippen LogP contribution in [0.3, 0.4) is 0 Å². The van der Waals surface area contributed by atoms with Gasteiger partial charge in [0.15, 0.2) is 12.4 Å². The Labute approximate surface area is 169 Å². The van der Waals surface area contributed by atoms with Crippen LogP contribution < -0.4 is 11.1 Å². The second kappa shape index (κ2) is 9.24. The lowest BCUT2D eigenvalue weighted by atomic mass is 10.2. The molecule has 8 nitrogen and oxygen atoms in total. The minimum atomic E-state index is -2.71. The minimum Gasteiger partial charge on any atom is -0.454 e. The number of carbonyl (C=O) groups excluding carboxylic acids is 1. The van der Waals surface area contributed by atoms with Crippen LogP contribution in [0.15, 0.2) is 47.6 Å². The standard InChI is InChI=1S/C18H16F2N6O2S/c1-10-4-6-11(7-5-10)23-18-25-13(24-17(21)26-18)9-28-15(27)12-3-2-8-22-14(12)29-16(19)20/h2-8,16H,9H2,1H3,(H3,21,23,24,25,26). The number of anilines is 3. The number of ether oxygens (including phenoxy) is 1. The summed E-state index contributed by atoms with van der Waals surface area (Å²) in [4.78, 5) is 28.1. The first-order chi connectivity index (χ1) is 13.9. The Balaban J connectivity index is 1.70. The Morgan fingerprint density at radius 1 is 1.21 bits per heavy atom. The highest BCUT2D eigenvalue weighted by Crippen LogP contribution is 2.26. The molecule has 0 saturated carbocycles. The fourth-order valence-corrected chi connectivity index (χ4v) is 2.83. The van der Waals surface area contributed by atoms with Crippen molar-refractivity contribution in [1.29, 1.82) is 0 Å². The van der Waals surface area contributed by atoms with Gasteiger partial charge < -0.3 is 15.8 Å². The van der Waals surface area contributed by atoms with Crippen LogP contribution in [-0.2, 0) is 11.3 Å². The number of esters is 1. The quantitative estimate of drug-likeness (QED) is 0.439. The maximum atomic E-state index is 12.6. The van der Waals surface area contributed by atoms with E-state index in [-0.39, 0.29) is 46.7 Å². The van der Waals surface area contributed by atoms with Crippen LogP contribution in [0.2, 0.25) is 0 Å². The third kappa shape index (κ3) is 5.82. The SMILES string of the molecule is Cc1ccc(Nc2nc(N)nc(COC(=O)c3cccnc3SC(F)F)n2)cc1. The average Bonchev–Trinajstić information content (AvgIpc) is 2.67. The molecule has 1 aromatic carbocycles. The first-order valence-electron chi connectivity index (χ1n) is 8.32. The molecule has 3 aromatic rings. The van der Waals surface area contributed by atoms with Crippen LogP contribution in [0, 0.1) is 6.92 Å². The largest absolute Gasteiger partial charge is 0.454 e. The topological polar surface area (TPSA) is 116 Å². The number of hydrogen-bond donors (Lipinski definition) is 2. The maximum absolute atomic E-state index is 12.6. The van der Waals surface area contributed by atoms with Gasteiger partial charge in [-0.2, -0.15) is 23.7 Å². The third-order valence-corrected chi connectivity index (χ3v) is 4.26. The second-order valence-electron chi connectivity index (χ2n) is 5.74. The van der Waals surface area contributed by atoms with Gasteiger partial charge in [-0.15, -0.1) is 0 Å². The van der Waals surface area contributed by atoms with E-state index in [0.29, 0.717) is 0 Å². The van der Waals surface area contributed by atoms with Gasteiger partial charge in [-0.3, -0.25) is 0 Å². The summed E-state index contributed by atoms with van der Waals surface area (Å²) < 4.78 is 30.4. The van der Waals surface area contributed by atoms with Crippen molar-refractivity contribution in [1.82, 2.24) is 19.9 Å². The van der Waals surface area contributed by atoms with E-state index in [1.807, 2.05) is 31.2 Å². The van der Waals surface area contributed by atoms with Crippen molar-refractivity contribution in [3.05, 3.63) is 59.5 Å². The van der Waals surface area contributed by atoms with Crippen molar-refractivity contribution in [3.63, 3.8) is 0 Å². The molecule has 3 N–H and O–H groups in total. The fourth-order valence-electron chi connectivity index (χ4n) is 2.26. The molecule has 0 aliphatic heterocycles. The Morgan fingerprint density at radius 3 is 2.69 bits per heavy atom. The molecule has 0 amide bonds. The number of aryl methyl sites for hydroxylation is 1. The molecule has 0 radical (unpaired) electrons. The molecule has 29 heavy (non-hydrogen) atoms. The molecule has 0 atom stereocenters. The van der Waals surface area contributed by atoms with E-state index in [1.165, 1.54) is 18.3 Å². The van der Waals surface area contributed by atoms with E-state index in [4.69, 9.17) is 10.5 Å². The van der Waals surface area contributed by atoms with Crippen molar-refractivity contribution in [3.8, 4) is 0 Å². The van der Waals surface area contributed by atoms with Crippen molar-refractivity contribution in [2.45, 2.75) is 24.3 Å². The zero-order valence-corrected chi connectivity index (χ0v) is 16.0. The highest BCUT2D eigenvalue weighted by atomic mass is 32.2. The van der Waals surface area contributed by atoms with E-state index in [0.717, 1.165) is 11.3 Å². The van der Waals surface area contributed by atoms with Gasteiger partial charge in [-0.25, -0.2) is 9.78 Å². The zero-order valence-electron chi connectivity index (χ0n) is 15.2. The number of thioether (sulfide) groups is 1.